The Hall–Kier alpha value is -2.74. The number of amides is 1. The third-order valence-corrected chi connectivity index (χ3v) is 4.21. The highest BCUT2D eigenvalue weighted by atomic mass is 32.2. The van der Waals surface area contributed by atoms with Crippen molar-refractivity contribution >= 4 is 17.7 Å². The van der Waals surface area contributed by atoms with Crippen molar-refractivity contribution in [3.8, 4) is 0 Å². The zero-order valence-electron chi connectivity index (χ0n) is 12.9. The van der Waals surface area contributed by atoms with Crippen molar-refractivity contribution < 1.29 is 18.1 Å². The second-order valence-electron chi connectivity index (χ2n) is 5.02. The molecule has 8 heteroatoms. The lowest BCUT2D eigenvalue weighted by Gasteiger charge is -2.01. The van der Waals surface area contributed by atoms with E-state index in [0.717, 1.165) is 30.0 Å². The minimum atomic E-state index is -0.515. The second kappa shape index (κ2) is 7.89. The molecule has 1 amide bonds. The number of hydrogen-bond acceptors (Lipinski definition) is 5. The van der Waals surface area contributed by atoms with Gasteiger partial charge in [-0.25, -0.2) is 8.78 Å². The first-order valence-electron chi connectivity index (χ1n) is 7.34. The van der Waals surface area contributed by atoms with E-state index in [1.807, 2.05) is 6.07 Å². The van der Waals surface area contributed by atoms with E-state index >= 15 is 0 Å². The van der Waals surface area contributed by atoms with E-state index in [4.69, 9.17) is 4.52 Å². The molecule has 0 saturated carbocycles. The fraction of sp³-hybridized carbons (Fsp3) is 0.118. The first-order chi connectivity index (χ1) is 12.1. The zero-order valence-corrected chi connectivity index (χ0v) is 13.7. The molecule has 0 bridgehead atoms. The number of carbonyl (C=O) groups excluding carboxylic acids is 1. The maximum Gasteiger partial charge on any atom is 0.251 e. The molecule has 0 aliphatic carbocycles. The van der Waals surface area contributed by atoms with E-state index in [-0.39, 0.29) is 29.0 Å². The number of nitrogens with one attached hydrogen (secondary N) is 1. The van der Waals surface area contributed by atoms with Crippen molar-refractivity contribution in [2.45, 2.75) is 17.2 Å². The van der Waals surface area contributed by atoms with Gasteiger partial charge in [0.1, 0.15) is 11.6 Å². The van der Waals surface area contributed by atoms with E-state index in [1.165, 1.54) is 0 Å². The third kappa shape index (κ3) is 4.63. The van der Waals surface area contributed by atoms with Crippen LogP contribution in [0.2, 0.25) is 0 Å². The highest BCUT2D eigenvalue weighted by Crippen LogP contribution is 2.25. The zero-order chi connectivity index (χ0) is 17.6. The fourth-order valence-electron chi connectivity index (χ4n) is 2.00. The van der Waals surface area contributed by atoms with Crippen LogP contribution in [0.15, 0.2) is 57.9 Å². The van der Waals surface area contributed by atoms with Gasteiger partial charge in [0.15, 0.2) is 5.82 Å². The molecule has 3 aromatic rings. The summed E-state index contributed by atoms with van der Waals surface area (Å²) in [6.45, 7) is 0.107. The van der Waals surface area contributed by atoms with Gasteiger partial charge in [0, 0.05) is 10.5 Å². The summed E-state index contributed by atoms with van der Waals surface area (Å²) in [5.74, 6) is -0.514. The fourth-order valence-corrected chi connectivity index (χ4v) is 2.80. The highest BCUT2D eigenvalue weighted by Gasteiger charge is 2.11. The molecule has 5 nitrogen and oxygen atoms in total. The monoisotopic (exact) mass is 361 g/mol. The molecule has 0 fully saturated rings. The smallest absolute Gasteiger partial charge is 0.251 e. The van der Waals surface area contributed by atoms with Gasteiger partial charge in [0.25, 0.3) is 5.91 Å². The Kier molecular flexibility index (Phi) is 5.39. The molecule has 0 spiro atoms. The predicted molar refractivity (Wildman–Crippen MR) is 87.8 cm³/mol. The maximum absolute atomic E-state index is 13.5. The molecule has 3 rings (SSSR count). The van der Waals surface area contributed by atoms with Gasteiger partial charge in [-0.1, -0.05) is 23.4 Å². The van der Waals surface area contributed by atoms with Crippen LogP contribution in [0.25, 0.3) is 0 Å². The number of aromatic nitrogens is 2. The molecule has 128 valence electrons. The number of thioether (sulfide) groups is 1. The molecule has 0 atom stereocenters. The van der Waals surface area contributed by atoms with Crippen molar-refractivity contribution in [3.05, 3.63) is 77.4 Å². The highest BCUT2D eigenvalue weighted by molar-refractivity contribution is 7.98. The van der Waals surface area contributed by atoms with E-state index in [2.05, 4.69) is 15.5 Å². The molecule has 0 radical (unpaired) electrons. The van der Waals surface area contributed by atoms with Crippen LogP contribution in [0.1, 0.15) is 22.1 Å². The first kappa shape index (κ1) is 17.1. The van der Waals surface area contributed by atoms with Gasteiger partial charge in [-0.3, -0.25) is 4.79 Å². The maximum atomic E-state index is 13.5. The molecule has 1 N–H and O–H groups in total. The standard InChI is InChI=1S/C17H13F2N3O2S/c18-12-6-7-13(19)14(8-12)25-10-16-21-15(22-24-16)9-20-17(23)11-4-2-1-3-5-11/h1-8H,9-10H2,(H,20,23). The van der Waals surface area contributed by atoms with Crippen LogP contribution in [0.5, 0.6) is 0 Å². The van der Waals surface area contributed by atoms with E-state index in [9.17, 15) is 13.6 Å². The first-order valence-corrected chi connectivity index (χ1v) is 8.33. The van der Waals surface area contributed by atoms with Gasteiger partial charge in [-0.05, 0) is 30.3 Å². The SMILES string of the molecule is O=C(NCc1noc(CSc2cc(F)ccc2F)n1)c1ccccc1. The van der Waals surface area contributed by atoms with Crippen molar-refractivity contribution in [2.75, 3.05) is 0 Å². The molecule has 0 aliphatic rings. The average molecular weight is 361 g/mol. The molecule has 1 aromatic heterocycles. The Morgan fingerprint density at radius 2 is 1.96 bits per heavy atom. The van der Waals surface area contributed by atoms with Gasteiger partial charge in [0.05, 0.1) is 12.3 Å². The third-order valence-electron chi connectivity index (χ3n) is 3.20. The predicted octanol–water partition coefficient (Wildman–Crippen LogP) is 3.57. The Bertz CT molecular complexity index is 871. The van der Waals surface area contributed by atoms with E-state index in [0.29, 0.717) is 11.4 Å². The molecule has 0 aliphatic heterocycles. The molecule has 0 unspecified atom stereocenters. The summed E-state index contributed by atoms with van der Waals surface area (Å²) in [6, 6.07) is 12.0. The van der Waals surface area contributed by atoms with Gasteiger partial charge in [0.2, 0.25) is 5.89 Å². The van der Waals surface area contributed by atoms with Crippen LogP contribution in [-0.4, -0.2) is 16.0 Å². The van der Waals surface area contributed by atoms with Gasteiger partial charge in [-0.2, -0.15) is 4.98 Å². The van der Waals surface area contributed by atoms with Crippen LogP contribution < -0.4 is 5.32 Å². The summed E-state index contributed by atoms with van der Waals surface area (Å²) in [7, 11) is 0. The van der Waals surface area contributed by atoms with E-state index in [1.54, 1.807) is 24.3 Å². The van der Waals surface area contributed by atoms with Gasteiger partial charge in [-0.15, -0.1) is 11.8 Å². The molecular formula is C17H13F2N3O2S. The van der Waals surface area contributed by atoms with Gasteiger partial charge >= 0.3 is 0 Å². The molecule has 0 saturated heterocycles. The summed E-state index contributed by atoms with van der Waals surface area (Å²) in [5.41, 5.74) is 0.531. The second-order valence-corrected chi connectivity index (χ2v) is 6.03. The number of nitrogens with zero attached hydrogens (tertiary/aromatic N) is 2. The van der Waals surface area contributed by atoms with Gasteiger partial charge < -0.3 is 9.84 Å². The van der Waals surface area contributed by atoms with Crippen LogP contribution in [-0.2, 0) is 12.3 Å². The van der Waals surface area contributed by atoms with Crippen LogP contribution in [0, 0.1) is 11.6 Å². The summed E-state index contributed by atoms with van der Waals surface area (Å²) in [4.78, 5) is 16.2. The van der Waals surface area contributed by atoms with Crippen molar-refractivity contribution in [2.24, 2.45) is 0 Å². The lowest BCUT2D eigenvalue weighted by atomic mass is 10.2. The summed E-state index contributed by atoms with van der Waals surface area (Å²) >= 11 is 1.05. The molecule has 2 aromatic carbocycles. The summed E-state index contributed by atoms with van der Waals surface area (Å²) in [5, 5.41) is 6.43. The Morgan fingerprint density at radius 1 is 1.16 bits per heavy atom. The normalized spacial score (nSPS) is 10.6. The number of hydrogen-bond donors (Lipinski definition) is 1. The molecule has 1 heterocycles. The van der Waals surface area contributed by atoms with E-state index < -0.39 is 11.6 Å². The van der Waals surface area contributed by atoms with Crippen LogP contribution >= 0.6 is 11.8 Å². The van der Waals surface area contributed by atoms with Crippen molar-refractivity contribution in [1.29, 1.82) is 0 Å². The Balaban J connectivity index is 1.54. The number of carbonyl (C=O) groups is 1. The van der Waals surface area contributed by atoms with Crippen LogP contribution in [0.4, 0.5) is 8.78 Å². The van der Waals surface area contributed by atoms with Crippen molar-refractivity contribution in [3.63, 3.8) is 0 Å². The summed E-state index contributed by atoms with van der Waals surface area (Å²) < 4.78 is 31.7. The molecular weight excluding hydrogens is 348 g/mol. The van der Waals surface area contributed by atoms with Crippen molar-refractivity contribution in [1.82, 2.24) is 15.5 Å². The number of benzene rings is 2. The Morgan fingerprint density at radius 3 is 2.76 bits per heavy atom. The minimum Gasteiger partial charge on any atom is -0.345 e. The lowest BCUT2D eigenvalue weighted by Crippen LogP contribution is -2.23. The Labute approximate surface area is 146 Å². The molecule has 25 heavy (non-hydrogen) atoms. The number of rotatable bonds is 6. The number of halogens is 2. The lowest BCUT2D eigenvalue weighted by molar-refractivity contribution is 0.0949. The quantitative estimate of drug-likeness (QED) is 0.680. The average Bonchev–Trinajstić information content (AvgIpc) is 3.09. The topological polar surface area (TPSA) is 68.0 Å². The van der Waals surface area contributed by atoms with Crippen LogP contribution in [0.3, 0.4) is 0 Å². The largest absolute Gasteiger partial charge is 0.345 e. The minimum absolute atomic E-state index is 0.107. The summed E-state index contributed by atoms with van der Waals surface area (Å²) in [6.07, 6.45) is 0.